The maximum Gasteiger partial charge on any atom is 0.279 e. The summed E-state index contributed by atoms with van der Waals surface area (Å²) in [6.07, 6.45) is 0. The van der Waals surface area contributed by atoms with Crippen molar-refractivity contribution >= 4 is 27.2 Å². The van der Waals surface area contributed by atoms with E-state index in [1.54, 1.807) is 7.11 Å². The van der Waals surface area contributed by atoms with Gasteiger partial charge in [0.05, 0.1) is 16.8 Å². The Morgan fingerprint density at radius 2 is 2.10 bits per heavy atom. The summed E-state index contributed by atoms with van der Waals surface area (Å²) in [5.41, 5.74) is 8.46. The number of hydrogen-bond donors (Lipinski definition) is 1. The lowest BCUT2D eigenvalue weighted by atomic mass is 10.2. The van der Waals surface area contributed by atoms with Crippen LogP contribution in [0.25, 0.3) is 10.2 Å². The highest BCUT2D eigenvalue weighted by molar-refractivity contribution is 7.20. The van der Waals surface area contributed by atoms with E-state index in [1.807, 2.05) is 42.5 Å². The molecule has 0 saturated heterocycles. The lowest BCUT2D eigenvalue weighted by molar-refractivity contribution is 0.184. The van der Waals surface area contributed by atoms with E-state index in [4.69, 9.17) is 15.2 Å². The average Bonchev–Trinajstić information content (AvgIpc) is 2.81. The molecule has 20 heavy (non-hydrogen) atoms. The summed E-state index contributed by atoms with van der Waals surface area (Å²) in [7, 11) is 1.67. The Morgan fingerprint density at radius 1 is 1.20 bits per heavy atom. The summed E-state index contributed by atoms with van der Waals surface area (Å²) < 4.78 is 11.9. The van der Waals surface area contributed by atoms with Crippen LogP contribution >= 0.6 is 11.3 Å². The van der Waals surface area contributed by atoms with Crippen molar-refractivity contribution in [3.63, 3.8) is 0 Å². The van der Waals surface area contributed by atoms with Gasteiger partial charge in [0.25, 0.3) is 5.19 Å². The van der Waals surface area contributed by atoms with Crippen LogP contribution < -0.4 is 10.5 Å². The van der Waals surface area contributed by atoms with Crippen molar-refractivity contribution in [3.8, 4) is 10.9 Å². The molecular weight excluding hydrogens is 272 g/mol. The minimum atomic E-state index is 0.563. The third-order valence-electron chi connectivity index (χ3n) is 2.81. The molecule has 2 N–H and O–H groups in total. The molecule has 0 fully saturated rings. The van der Waals surface area contributed by atoms with Crippen LogP contribution in [0.2, 0.25) is 0 Å². The van der Waals surface area contributed by atoms with Crippen LogP contribution in [0.4, 0.5) is 5.69 Å². The molecule has 0 amide bonds. The van der Waals surface area contributed by atoms with Crippen molar-refractivity contribution in [2.24, 2.45) is 0 Å². The summed E-state index contributed by atoms with van der Waals surface area (Å²) in [5, 5.41) is 0.611. The second-order valence-electron chi connectivity index (χ2n) is 4.39. The highest BCUT2D eigenvalue weighted by Gasteiger charge is 2.06. The molecule has 5 heteroatoms. The predicted molar refractivity (Wildman–Crippen MR) is 81.3 cm³/mol. The zero-order valence-electron chi connectivity index (χ0n) is 11.0. The van der Waals surface area contributed by atoms with E-state index in [-0.39, 0.29) is 0 Å². The number of hydrogen-bond acceptors (Lipinski definition) is 5. The van der Waals surface area contributed by atoms with Gasteiger partial charge in [-0.15, -0.1) is 0 Å². The van der Waals surface area contributed by atoms with Gasteiger partial charge >= 0.3 is 0 Å². The quantitative estimate of drug-likeness (QED) is 0.741. The molecule has 0 radical (unpaired) electrons. The number of methoxy groups -OCH3 is 1. The summed E-state index contributed by atoms with van der Waals surface area (Å²) >= 11 is 1.48. The van der Waals surface area contributed by atoms with Crippen molar-refractivity contribution in [1.29, 1.82) is 0 Å². The second kappa shape index (κ2) is 5.48. The molecule has 4 nitrogen and oxygen atoms in total. The molecule has 3 aromatic rings. The molecule has 0 aliphatic rings. The molecule has 0 aliphatic carbocycles. The van der Waals surface area contributed by atoms with Gasteiger partial charge in [-0.25, -0.2) is 4.98 Å². The molecule has 0 saturated carbocycles. The molecule has 1 heterocycles. The Kier molecular flexibility index (Phi) is 3.54. The minimum absolute atomic E-state index is 0.563. The van der Waals surface area contributed by atoms with Gasteiger partial charge in [0, 0.05) is 12.8 Å². The standard InChI is InChI=1S/C15H14N2O2S/c1-18-9-10-3-2-4-12(7-10)19-15-17-13-6-5-11(16)8-14(13)20-15/h2-8H,9,16H2,1H3. The fourth-order valence-electron chi connectivity index (χ4n) is 1.93. The van der Waals surface area contributed by atoms with Crippen LogP contribution in [0.15, 0.2) is 42.5 Å². The number of rotatable bonds is 4. The predicted octanol–water partition coefficient (Wildman–Crippen LogP) is 3.82. The fraction of sp³-hybridized carbons (Fsp3) is 0.133. The van der Waals surface area contributed by atoms with Gasteiger partial charge in [0.2, 0.25) is 0 Å². The Labute approximate surface area is 120 Å². The van der Waals surface area contributed by atoms with Crippen LogP contribution in [0.5, 0.6) is 10.9 Å². The topological polar surface area (TPSA) is 57.4 Å². The zero-order chi connectivity index (χ0) is 13.9. The van der Waals surface area contributed by atoms with Gasteiger partial charge in [-0.2, -0.15) is 0 Å². The Bertz CT molecular complexity index is 740. The second-order valence-corrected chi connectivity index (χ2v) is 5.38. The smallest absolute Gasteiger partial charge is 0.279 e. The fourth-order valence-corrected chi connectivity index (χ4v) is 2.81. The number of nitrogens with two attached hydrogens (primary N) is 1. The van der Waals surface area contributed by atoms with Crippen molar-refractivity contribution in [2.45, 2.75) is 6.61 Å². The van der Waals surface area contributed by atoms with E-state index >= 15 is 0 Å². The van der Waals surface area contributed by atoms with E-state index in [9.17, 15) is 0 Å². The Hall–Kier alpha value is -2.11. The molecule has 0 spiro atoms. The first-order valence-corrected chi connectivity index (χ1v) is 6.98. The average molecular weight is 286 g/mol. The number of thiazole rings is 1. The summed E-state index contributed by atoms with van der Waals surface area (Å²) in [6.45, 7) is 0.563. The van der Waals surface area contributed by atoms with Crippen molar-refractivity contribution in [1.82, 2.24) is 4.98 Å². The van der Waals surface area contributed by atoms with Crippen molar-refractivity contribution < 1.29 is 9.47 Å². The van der Waals surface area contributed by atoms with Gasteiger partial charge in [-0.1, -0.05) is 23.5 Å². The monoisotopic (exact) mass is 286 g/mol. The van der Waals surface area contributed by atoms with Gasteiger partial charge < -0.3 is 15.2 Å². The van der Waals surface area contributed by atoms with Gasteiger partial charge in [-0.05, 0) is 35.9 Å². The summed E-state index contributed by atoms with van der Waals surface area (Å²) in [5.74, 6) is 0.756. The molecule has 0 atom stereocenters. The minimum Gasteiger partial charge on any atom is -0.431 e. The molecule has 102 valence electrons. The normalized spacial score (nSPS) is 10.8. The third-order valence-corrected chi connectivity index (χ3v) is 3.70. The molecule has 2 aromatic carbocycles. The first kappa shape index (κ1) is 12.9. The number of aromatic nitrogens is 1. The first-order valence-electron chi connectivity index (χ1n) is 6.16. The number of ether oxygens (including phenoxy) is 2. The summed E-state index contributed by atoms with van der Waals surface area (Å²) in [6, 6.07) is 13.4. The molecule has 0 aliphatic heterocycles. The van der Waals surface area contributed by atoms with E-state index in [0.29, 0.717) is 11.8 Å². The maximum absolute atomic E-state index is 5.80. The van der Waals surface area contributed by atoms with Gasteiger partial charge in [-0.3, -0.25) is 0 Å². The lowest BCUT2D eigenvalue weighted by Gasteiger charge is -2.04. The number of anilines is 1. The largest absolute Gasteiger partial charge is 0.431 e. The number of nitrogen functional groups attached to an aromatic ring is 1. The Balaban J connectivity index is 1.87. The molecule has 3 rings (SSSR count). The van der Waals surface area contributed by atoms with Gasteiger partial charge in [0.15, 0.2) is 0 Å². The maximum atomic E-state index is 5.80. The summed E-state index contributed by atoms with van der Waals surface area (Å²) in [4.78, 5) is 4.43. The number of fused-ring (bicyclic) bond motifs is 1. The molecular formula is C15H14N2O2S. The van der Waals surface area contributed by atoms with Crippen LogP contribution in [-0.4, -0.2) is 12.1 Å². The molecule has 0 bridgehead atoms. The van der Waals surface area contributed by atoms with Crippen molar-refractivity contribution in [2.75, 3.05) is 12.8 Å². The highest BCUT2D eigenvalue weighted by atomic mass is 32.1. The van der Waals surface area contributed by atoms with Gasteiger partial charge in [0.1, 0.15) is 5.75 Å². The highest BCUT2D eigenvalue weighted by Crippen LogP contribution is 2.32. The van der Waals surface area contributed by atoms with Crippen LogP contribution in [-0.2, 0) is 11.3 Å². The van der Waals surface area contributed by atoms with Crippen LogP contribution in [0.3, 0.4) is 0 Å². The SMILES string of the molecule is COCc1cccc(Oc2nc3ccc(N)cc3s2)c1. The van der Waals surface area contributed by atoms with Crippen LogP contribution in [0, 0.1) is 0 Å². The van der Waals surface area contributed by atoms with Crippen molar-refractivity contribution in [3.05, 3.63) is 48.0 Å². The Morgan fingerprint density at radius 3 is 2.95 bits per heavy atom. The van der Waals surface area contributed by atoms with E-state index in [1.165, 1.54) is 11.3 Å². The molecule has 1 aromatic heterocycles. The van der Waals surface area contributed by atoms with E-state index in [2.05, 4.69) is 4.98 Å². The van der Waals surface area contributed by atoms with E-state index < -0.39 is 0 Å². The van der Waals surface area contributed by atoms with Crippen LogP contribution in [0.1, 0.15) is 5.56 Å². The zero-order valence-corrected chi connectivity index (χ0v) is 11.8. The first-order chi connectivity index (χ1) is 9.74. The lowest BCUT2D eigenvalue weighted by Crippen LogP contribution is -1.89. The number of nitrogens with zero attached hydrogens (tertiary/aromatic N) is 1. The third kappa shape index (κ3) is 2.74. The van der Waals surface area contributed by atoms with E-state index in [0.717, 1.165) is 27.2 Å². The number of benzene rings is 2. The molecule has 0 unspecified atom stereocenters.